The van der Waals surface area contributed by atoms with E-state index in [1.807, 2.05) is 0 Å². The molecule has 1 heterocycles. The second-order valence-electron chi connectivity index (χ2n) is 13.8. The standard InChI is InChI=1S/C40H79N2/c1-4-7-10-13-16-19-20-21-22-23-26-29-32-35-40-41(36-33-30-27-24-17-14-11-8-5-2)38-39-42(40)37-34-31-28-25-18-15-12-9-6-3/h38-39H,4-37H2,1-3H3/q+1. The van der Waals surface area contributed by atoms with Crippen LogP contribution in [0.5, 0.6) is 0 Å². The van der Waals surface area contributed by atoms with Crippen LogP contribution in [0.25, 0.3) is 0 Å². The van der Waals surface area contributed by atoms with Crippen LogP contribution in [0.15, 0.2) is 12.4 Å². The van der Waals surface area contributed by atoms with E-state index in [1.54, 1.807) is 5.82 Å². The van der Waals surface area contributed by atoms with Crippen LogP contribution in [0, 0.1) is 0 Å². The third-order valence-electron chi connectivity index (χ3n) is 9.60. The Hall–Kier alpha value is -0.790. The number of rotatable bonds is 34. The molecule has 0 radical (unpaired) electrons. The van der Waals surface area contributed by atoms with Crippen LogP contribution in [0.3, 0.4) is 0 Å². The number of hydrogen-bond donors (Lipinski definition) is 0. The third-order valence-corrected chi connectivity index (χ3v) is 9.60. The molecule has 0 atom stereocenters. The van der Waals surface area contributed by atoms with Crippen LogP contribution >= 0.6 is 0 Å². The molecule has 42 heavy (non-hydrogen) atoms. The molecule has 2 nitrogen and oxygen atoms in total. The van der Waals surface area contributed by atoms with Gasteiger partial charge in [-0.2, -0.15) is 0 Å². The van der Waals surface area contributed by atoms with E-state index in [4.69, 9.17) is 0 Å². The van der Waals surface area contributed by atoms with E-state index in [-0.39, 0.29) is 0 Å². The molecule has 0 amide bonds. The van der Waals surface area contributed by atoms with Gasteiger partial charge in [0.05, 0.1) is 13.1 Å². The van der Waals surface area contributed by atoms with Gasteiger partial charge < -0.3 is 0 Å². The minimum Gasteiger partial charge on any atom is -0.234 e. The Kier molecular flexibility index (Phi) is 29.5. The van der Waals surface area contributed by atoms with Crippen LogP contribution in [0.1, 0.15) is 226 Å². The molecule has 1 aromatic rings. The van der Waals surface area contributed by atoms with E-state index < -0.39 is 0 Å². The van der Waals surface area contributed by atoms with Crippen molar-refractivity contribution in [2.45, 2.75) is 239 Å². The SMILES string of the molecule is CCCCCCCCCCCCCCCc1n(CCCCCCCCCCC)cc[n+]1CCCCCCCCCCC. The molecular formula is C40H79N2+. The van der Waals surface area contributed by atoms with E-state index >= 15 is 0 Å². The van der Waals surface area contributed by atoms with Crippen molar-refractivity contribution < 1.29 is 4.57 Å². The second-order valence-corrected chi connectivity index (χ2v) is 13.8. The van der Waals surface area contributed by atoms with Crippen molar-refractivity contribution in [2.24, 2.45) is 0 Å². The summed E-state index contributed by atoms with van der Waals surface area (Å²) in [4.78, 5) is 0. The van der Waals surface area contributed by atoms with Gasteiger partial charge in [-0.15, -0.1) is 0 Å². The lowest BCUT2D eigenvalue weighted by molar-refractivity contribution is -0.704. The molecule has 0 aromatic carbocycles. The van der Waals surface area contributed by atoms with Crippen LogP contribution in [0.2, 0.25) is 0 Å². The average molecular weight is 588 g/mol. The lowest BCUT2D eigenvalue weighted by atomic mass is 10.0. The molecular weight excluding hydrogens is 508 g/mol. The first-order valence-electron chi connectivity index (χ1n) is 19.9. The van der Waals surface area contributed by atoms with Gasteiger partial charge in [-0.1, -0.05) is 188 Å². The average Bonchev–Trinajstić information content (AvgIpc) is 3.38. The van der Waals surface area contributed by atoms with Gasteiger partial charge in [0.25, 0.3) is 5.82 Å². The van der Waals surface area contributed by atoms with E-state index in [0.717, 1.165) is 0 Å². The first kappa shape index (κ1) is 39.2. The first-order valence-corrected chi connectivity index (χ1v) is 19.9. The maximum absolute atomic E-state index is 2.63. The predicted molar refractivity (Wildman–Crippen MR) is 188 cm³/mol. The maximum atomic E-state index is 2.63. The second kappa shape index (κ2) is 31.6. The summed E-state index contributed by atoms with van der Waals surface area (Å²) in [7, 11) is 0. The fourth-order valence-electron chi connectivity index (χ4n) is 6.68. The van der Waals surface area contributed by atoms with Crippen LogP contribution in [0.4, 0.5) is 0 Å². The van der Waals surface area contributed by atoms with Gasteiger partial charge in [0, 0.05) is 6.42 Å². The molecule has 0 fully saturated rings. The van der Waals surface area contributed by atoms with Crippen molar-refractivity contribution in [3.05, 3.63) is 18.2 Å². The molecule has 0 aliphatic rings. The third kappa shape index (κ3) is 23.6. The lowest BCUT2D eigenvalue weighted by Crippen LogP contribution is -2.37. The number of aromatic nitrogens is 2. The Morgan fingerprint density at radius 1 is 0.405 bits per heavy atom. The highest BCUT2D eigenvalue weighted by Crippen LogP contribution is 2.15. The fourth-order valence-corrected chi connectivity index (χ4v) is 6.68. The summed E-state index contributed by atoms with van der Waals surface area (Å²) in [6.45, 7) is 9.40. The van der Waals surface area contributed by atoms with Crippen molar-refractivity contribution in [3.63, 3.8) is 0 Å². The van der Waals surface area contributed by atoms with Crippen molar-refractivity contribution >= 4 is 0 Å². The zero-order valence-electron chi connectivity index (χ0n) is 29.6. The molecule has 1 aromatic heterocycles. The summed E-state index contributed by atoms with van der Waals surface area (Å²) in [5.74, 6) is 1.62. The quantitative estimate of drug-likeness (QED) is 0.0560. The molecule has 0 unspecified atom stereocenters. The Balaban J connectivity index is 2.30. The molecule has 0 bridgehead atoms. The summed E-state index contributed by atoms with van der Waals surface area (Å²) in [6.07, 6.45) is 50.4. The lowest BCUT2D eigenvalue weighted by Gasteiger charge is -2.07. The zero-order chi connectivity index (χ0) is 30.2. The summed E-state index contributed by atoms with van der Waals surface area (Å²) >= 11 is 0. The first-order chi connectivity index (χ1) is 20.8. The largest absolute Gasteiger partial charge is 0.256 e. The van der Waals surface area contributed by atoms with Crippen LogP contribution < -0.4 is 4.57 Å². The van der Waals surface area contributed by atoms with Crippen LogP contribution in [-0.4, -0.2) is 4.57 Å². The molecule has 1 rings (SSSR count). The Morgan fingerprint density at radius 2 is 0.738 bits per heavy atom. The van der Waals surface area contributed by atoms with E-state index in [1.165, 1.54) is 219 Å². The van der Waals surface area contributed by atoms with Gasteiger partial charge in [-0.25, -0.2) is 9.13 Å². The highest BCUT2D eigenvalue weighted by Gasteiger charge is 2.16. The molecule has 0 saturated heterocycles. The van der Waals surface area contributed by atoms with Gasteiger partial charge in [-0.3, -0.25) is 0 Å². The van der Waals surface area contributed by atoms with E-state index in [9.17, 15) is 0 Å². The normalized spacial score (nSPS) is 11.6. The van der Waals surface area contributed by atoms with Gasteiger partial charge in [0.2, 0.25) is 0 Å². The molecule has 0 N–H and O–H groups in total. The Morgan fingerprint density at radius 3 is 1.14 bits per heavy atom. The van der Waals surface area contributed by atoms with E-state index in [2.05, 4.69) is 42.3 Å². The summed E-state index contributed by atoms with van der Waals surface area (Å²) in [5.41, 5.74) is 0. The maximum Gasteiger partial charge on any atom is 0.256 e. The molecule has 0 spiro atoms. The molecule has 0 aliphatic heterocycles. The van der Waals surface area contributed by atoms with Crippen molar-refractivity contribution in [3.8, 4) is 0 Å². The number of aryl methyl sites for hydroxylation is 2. The van der Waals surface area contributed by atoms with Crippen molar-refractivity contribution in [2.75, 3.05) is 0 Å². The zero-order valence-corrected chi connectivity index (χ0v) is 29.6. The minimum absolute atomic E-state index is 1.23. The summed E-state index contributed by atoms with van der Waals surface area (Å²) in [6, 6.07) is 0. The van der Waals surface area contributed by atoms with Gasteiger partial charge in [0.15, 0.2) is 0 Å². The van der Waals surface area contributed by atoms with Gasteiger partial charge >= 0.3 is 0 Å². The van der Waals surface area contributed by atoms with E-state index in [0.29, 0.717) is 0 Å². The fraction of sp³-hybridized carbons (Fsp3) is 0.925. The molecule has 2 heteroatoms. The monoisotopic (exact) mass is 588 g/mol. The topological polar surface area (TPSA) is 8.81 Å². The Labute approximate surface area is 266 Å². The number of nitrogens with zero attached hydrogens (tertiary/aromatic N) is 2. The molecule has 248 valence electrons. The van der Waals surface area contributed by atoms with Crippen LogP contribution in [-0.2, 0) is 19.5 Å². The Bertz CT molecular complexity index is 609. The number of unbranched alkanes of at least 4 members (excludes halogenated alkanes) is 28. The number of hydrogen-bond acceptors (Lipinski definition) is 0. The number of imidazole rings is 1. The minimum atomic E-state index is 1.23. The molecule has 0 aliphatic carbocycles. The summed E-state index contributed by atoms with van der Waals surface area (Å²) < 4.78 is 5.27. The van der Waals surface area contributed by atoms with Crippen molar-refractivity contribution in [1.29, 1.82) is 0 Å². The molecule has 0 saturated carbocycles. The highest BCUT2D eigenvalue weighted by atomic mass is 15.1. The van der Waals surface area contributed by atoms with Crippen molar-refractivity contribution in [1.82, 2.24) is 4.57 Å². The predicted octanol–water partition coefficient (Wildman–Crippen LogP) is 13.5. The smallest absolute Gasteiger partial charge is 0.234 e. The van der Waals surface area contributed by atoms with Gasteiger partial charge in [-0.05, 0) is 32.1 Å². The summed E-state index contributed by atoms with van der Waals surface area (Å²) in [5, 5.41) is 0. The van der Waals surface area contributed by atoms with Gasteiger partial charge in [0.1, 0.15) is 12.4 Å². The highest BCUT2D eigenvalue weighted by molar-refractivity contribution is 4.84.